The van der Waals surface area contributed by atoms with E-state index in [0.717, 1.165) is 24.7 Å². The summed E-state index contributed by atoms with van der Waals surface area (Å²) in [6, 6.07) is 8.72. The molecule has 0 fully saturated rings. The zero-order chi connectivity index (χ0) is 17.4. The van der Waals surface area contributed by atoms with Gasteiger partial charge in [0.05, 0.1) is 0 Å². The highest BCUT2D eigenvalue weighted by atomic mass is 14.7. The number of aryl methyl sites for hydroxylation is 2. The summed E-state index contributed by atoms with van der Waals surface area (Å²) in [6.45, 7) is 9.31. The largest absolute Gasteiger partial charge is 0.265 e. The van der Waals surface area contributed by atoms with Crippen LogP contribution in [0.4, 0.5) is 0 Å². The van der Waals surface area contributed by atoms with Gasteiger partial charge in [-0.25, -0.2) is 0 Å². The van der Waals surface area contributed by atoms with Crippen molar-refractivity contribution in [1.82, 2.24) is 9.97 Å². The molecule has 0 radical (unpaired) electrons. The monoisotopic (exact) mass is 324 g/mol. The van der Waals surface area contributed by atoms with Gasteiger partial charge in [-0.3, -0.25) is 9.97 Å². The van der Waals surface area contributed by atoms with Crippen LogP contribution in [0.15, 0.2) is 42.9 Å². The van der Waals surface area contributed by atoms with Crippen LogP contribution in [0.3, 0.4) is 0 Å². The maximum atomic E-state index is 4.59. The molecule has 0 aliphatic heterocycles. The molecule has 0 aromatic carbocycles. The Morgan fingerprint density at radius 2 is 1.50 bits per heavy atom. The number of hydrogen-bond donors (Lipinski definition) is 0. The van der Waals surface area contributed by atoms with Crippen LogP contribution < -0.4 is 0 Å². The van der Waals surface area contributed by atoms with Gasteiger partial charge in [0.2, 0.25) is 0 Å². The van der Waals surface area contributed by atoms with Crippen LogP contribution in [0.2, 0.25) is 0 Å². The Morgan fingerprint density at radius 1 is 0.833 bits per heavy atom. The second kappa shape index (κ2) is 9.56. The molecule has 0 saturated heterocycles. The third-order valence-electron chi connectivity index (χ3n) is 5.14. The molecule has 130 valence electrons. The molecule has 2 heteroatoms. The zero-order valence-electron chi connectivity index (χ0n) is 15.7. The van der Waals surface area contributed by atoms with Gasteiger partial charge in [0, 0.05) is 24.3 Å². The van der Waals surface area contributed by atoms with E-state index in [2.05, 4.69) is 61.9 Å². The maximum Gasteiger partial charge on any atom is 0.0409 e. The van der Waals surface area contributed by atoms with E-state index in [9.17, 15) is 0 Å². The number of aromatic nitrogens is 2. The van der Waals surface area contributed by atoms with Crippen molar-refractivity contribution in [3.8, 4) is 0 Å². The summed E-state index contributed by atoms with van der Waals surface area (Å²) in [5.74, 6) is 2.19. The van der Waals surface area contributed by atoms with E-state index in [0.29, 0.717) is 5.92 Å². The molecule has 2 unspecified atom stereocenters. The first-order chi connectivity index (χ1) is 11.5. The topological polar surface area (TPSA) is 25.8 Å². The lowest BCUT2D eigenvalue weighted by Crippen LogP contribution is -2.06. The summed E-state index contributed by atoms with van der Waals surface area (Å²) in [4.78, 5) is 8.67. The molecule has 2 nitrogen and oxygen atoms in total. The van der Waals surface area contributed by atoms with E-state index in [1.165, 1.54) is 36.1 Å². The molecule has 0 spiro atoms. The average Bonchev–Trinajstić information content (AvgIpc) is 2.59. The number of nitrogens with zero attached hydrogens (tertiary/aromatic N) is 2. The first-order valence-electron chi connectivity index (χ1n) is 9.37. The second-order valence-electron chi connectivity index (χ2n) is 7.62. The first-order valence-corrected chi connectivity index (χ1v) is 9.37. The molecule has 0 N–H and O–H groups in total. The summed E-state index contributed by atoms with van der Waals surface area (Å²) in [6.07, 6.45) is 11.6. The van der Waals surface area contributed by atoms with Gasteiger partial charge in [0.15, 0.2) is 0 Å². The molecule has 0 aliphatic rings. The van der Waals surface area contributed by atoms with Crippen molar-refractivity contribution in [2.75, 3.05) is 0 Å². The Kier molecular flexibility index (Phi) is 7.42. The first kappa shape index (κ1) is 18.6. The van der Waals surface area contributed by atoms with Gasteiger partial charge in [-0.2, -0.15) is 0 Å². The van der Waals surface area contributed by atoms with Crippen molar-refractivity contribution >= 4 is 0 Å². The number of hydrogen-bond acceptors (Lipinski definition) is 2. The second-order valence-corrected chi connectivity index (χ2v) is 7.62. The smallest absolute Gasteiger partial charge is 0.0409 e. The zero-order valence-corrected chi connectivity index (χ0v) is 15.7. The molecule has 0 bridgehead atoms. The van der Waals surface area contributed by atoms with Crippen LogP contribution in [-0.2, 0) is 19.3 Å². The van der Waals surface area contributed by atoms with Crippen LogP contribution in [0.25, 0.3) is 0 Å². The SMILES string of the molecule is CC(CCc1ccncc1)Cc1cc(CCC(C)C(C)C)ccn1. The molecule has 2 atom stereocenters. The lowest BCUT2D eigenvalue weighted by atomic mass is 9.91. The standard InChI is InChI=1S/C22H32N2/c1-17(2)19(4)6-8-21-11-14-24-22(16-21)15-18(3)5-7-20-9-12-23-13-10-20/h9-14,16-19H,5-8,15H2,1-4H3. The number of rotatable bonds is 9. The fraction of sp³-hybridized carbons (Fsp3) is 0.545. The molecule has 2 heterocycles. The highest BCUT2D eigenvalue weighted by molar-refractivity contribution is 5.17. The van der Waals surface area contributed by atoms with Gasteiger partial charge in [0.1, 0.15) is 0 Å². The van der Waals surface area contributed by atoms with Gasteiger partial charge in [-0.05, 0) is 85.3 Å². The fourth-order valence-corrected chi connectivity index (χ4v) is 2.94. The van der Waals surface area contributed by atoms with Crippen LogP contribution in [0.1, 0.15) is 57.4 Å². The van der Waals surface area contributed by atoms with Crippen LogP contribution in [0, 0.1) is 17.8 Å². The lowest BCUT2D eigenvalue weighted by Gasteiger charge is -2.15. The molecule has 0 aliphatic carbocycles. The summed E-state index contributed by atoms with van der Waals surface area (Å²) < 4.78 is 0. The van der Waals surface area contributed by atoms with E-state index in [4.69, 9.17) is 0 Å². The van der Waals surface area contributed by atoms with Gasteiger partial charge in [-0.15, -0.1) is 0 Å². The van der Waals surface area contributed by atoms with E-state index in [-0.39, 0.29) is 0 Å². The minimum Gasteiger partial charge on any atom is -0.265 e. The fourth-order valence-electron chi connectivity index (χ4n) is 2.94. The van der Waals surface area contributed by atoms with Crippen molar-refractivity contribution in [3.63, 3.8) is 0 Å². The Hall–Kier alpha value is -1.70. The maximum absolute atomic E-state index is 4.59. The predicted molar refractivity (Wildman–Crippen MR) is 102 cm³/mol. The van der Waals surface area contributed by atoms with Crippen molar-refractivity contribution in [2.45, 2.75) is 59.8 Å². The molecule has 2 aromatic rings. The summed E-state index contributed by atoms with van der Waals surface area (Å²) in [7, 11) is 0. The van der Waals surface area contributed by atoms with Crippen LogP contribution in [-0.4, -0.2) is 9.97 Å². The van der Waals surface area contributed by atoms with E-state index < -0.39 is 0 Å². The normalized spacial score (nSPS) is 13.9. The van der Waals surface area contributed by atoms with E-state index >= 15 is 0 Å². The Labute approximate surface area is 147 Å². The average molecular weight is 325 g/mol. The summed E-state index contributed by atoms with van der Waals surface area (Å²) in [5.41, 5.74) is 4.06. The molecule has 2 aromatic heterocycles. The van der Waals surface area contributed by atoms with Crippen molar-refractivity contribution in [2.24, 2.45) is 17.8 Å². The third-order valence-corrected chi connectivity index (χ3v) is 5.14. The van der Waals surface area contributed by atoms with Gasteiger partial charge >= 0.3 is 0 Å². The quantitative estimate of drug-likeness (QED) is 0.607. The molecule has 24 heavy (non-hydrogen) atoms. The lowest BCUT2D eigenvalue weighted by molar-refractivity contribution is 0.392. The highest BCUT2D eigenvalue weighted by Crippen LogP contribution is 2.19. The number of pyridine rings is 2. The van der Waals surface area contributed by atoms with Crippen LogP contribution >= 0.6 is 0 Å². The van der Waals surface area contributed by atoms with Crippen LogP contribution in [0.5, 0.6) is 0 Å². The Bertz CT molecular complexity index is 592. The molecule has 0 amide bonds. The summed E-state index contributed by atoms with van der Waals surface area (Å²) >= 11 is 0. The Balaban J connectivity index is 1.82. The molecular formula is C22H32N2. The minimum atomic E-state index is 0.649. The minimum absolute atomic E-state index is 0.649. The van der Waals surface area contributed by atoms with E-state index in [1.807, 2.05) is 18.6 Å². The van der Waals surface area contributed by atoms with E-state index in [1.54, 1.807) is 0 Å². The third kappa shape index (κ3) is 6.43. The predicted octanol–water partition coefficient (Wildman–Crippen LogP) is 5.51. The van der Waals surface area contributed by atoms with Crippen molar-refractivity contribution < 1.29 is 0 Å². The highest BCUT2D eigenvalue weighted by Gasteiger charge is 2.09. The van der Waals surface area contributed by atoms with Gasteiger partial charge in [0.25, 0.3) is 0 Å². The molecule has 2 rings (SSSR count). The Morgan fingerprint density at radius 3 is 2.21 bits per heavy atom. The molecular weight excluding hydrogens is 292 g/mol. The van der Waals surface area contributed by atoms with Gasteiger partial charge in [-0.1, -0.05) is 27.7 Å². The summed E-state index contributed by atoms with van der Waals surface area (Å²) in [5, 5.41) is 0. The van der Waals surface area contributed by atoms with Crippen molar-refractivity contribution in [1.29, 1.82) is 0 Å². The van der Waals surface area contributed by atoms with Crippen molar-refractivity contribution in [3.05, 3.63) is 59.7 Å². The molecule has 0 saturated carbocycles. The van der Waals surface area contributed by atoms with Gasteiger partial charge < -0.3 is 0 Å².